The first-order valence-corrected chi connectivity index (χ1v) is 7.43. The lowest BCUT2D eigenvalue weighted by atomic mass is 10.1. The summed E-state index contributed by atoms with van der Waals surface area (Å²) >= 11 is 0. The number of anilines is 1. The van der Waals surface area contributed by atoms with E-state index in [4.69, 9.17) is 14.9 Å². The SMILES string of the molecule is NC(=O)COc1cccc(C(=O)Nc2ccc(-c3cnco3)cc2)c1. The van der Waals surface area contributed by atoms with Crippen LogP contribution in [0.15, 0.2) is 65.5 Å². The van der Waals surface area contributed by atoms with Crippen molar-refractivity contribution >= 4 is 17.5 Å². The van der Waals surface area contributed by atoms with Gasteiger partial charge in [0.25, 0.3) is 11.8 Å². The Hall–Kier alpha value is -3.61. The van der Waals surface area contributed by atoms with Gasteiger partial charge in [-0.1, -0.05) is 6.07 Å². The van der Waals surface area contributed by atoms with Crippen molar-refractivity contribution < 1.29 is 18.7 Å². The van der Waals surface area contributed by atoms with Crippen LogP contribution in [0.4, 0.5) is 5.69 Å². The van der Waals surface area contributed by atoms with Crippen molar-refractivity contribution in [3.05, 3.63) is 66.7 Å². The molecule has 7 nitrogen and oxygen atoms in total. The Bertz CT molecular complexity index is 874. The number of ether oxygens (including phenoxy) is 1. The quantitative estimate of drug-likeness (QED) is 0.718. The first-order chi connectivity index (χ1) is 12.1. The number of oxazole rings is 1. The number of hydrogen-bond acceptors (Lipinski definition) is 5. The lowest BCUT2D eigenvalue weighted by molar-refractivity contribution is -0.119. The molecule has 0 fully saturated rings. The van der Waals surface area contributed by atoms with Gasteiger partial charge < -0.3 is 20.2 Å². The molecular formula is C18H15N3O4. The maximum Gasteiger partial charge on any atom is 0.255 e. The fraction of sp³-hybridized carbons (Fsp3) is 0.0556. The second kappa shape index (κ2) is 7.31. The van der Waals surface area contributed by atoms with Crippen molar-refractivity contribution in [3.63, 3.8) is 0 Å². The standard InChI is InChI=1S/C18H15N3O4/c19-17(22)10-24-15-3-1-2-13(8-15)18(23)21-14-6-4-12(5-7-14)16-9-20-11-25-16/h1-9,11H,10H2,(H2,19,22)(H,21,23). The van der Waals surface area contributed by atoms with Crippen molar-refractivity contribution in [1.29, 1.82) is 0 Å². The lowest BCUT2D eigenvalue weighted by Gasteiger charge is -2.08. The van der Waals surface area contributed by atoms with Gasteiger partial charge in [0, 0.05) is 16.8 Å². The number of nitrogens with zero attached hydrogens (tertiary/aromatic N) is 1. The van der Waals surface area contributed by atoms with Gasteiger partial charge in [-0.05, 0) is 42.5 Å². The van der Waals surface area contributed by atoms with Gasteiger partial charge in [0.1, 0.15) is 5.75 Å². The number of benzene rings is 2. The zero-order valence-electron chi connectivity index (χ0n) is 13.1. The molecule has 0 spiro atoms. The maximum atomic E-state index is 12.3. The molecule has 2 amide bonds. The predicted molar refractivity (Wildman–Crippen MR) is 91.0 cm³/mol. The number of nitrogens with two attached hydrogens (primary N) is 1. The van der Waals surface area contributed by atoms with Crippen LogP contribution in [0.2, 0.25) is 0 Å². The molecule has 1 heterocycles. The van der Waals surface area contributed by atoms with Crippen LogP contribution in [0.1, 0.15) is 10.4 Å². The van der Waals surface area contributed by atoms with Gasteiger partial charge in [-0.25, -0.2) is 4.98 Å². The van der Waals surface area contributed by atoms with Crippen molar-refractivity contribution in [3.8, 4) is 17.1 Å². The summed E-state index contributed by atoms with van der Waals surface area (Å²) in [6.45, 7) is -0.242. The average molecular weight is 337 g/mol. The minimum atomic E-state index is -0.582. The largest absolute Gasteiger partial charge is 0.484 e. The summed E-state index contributed by atoms with van der Waals surface area (Å²) in [7, 11) is 0. The van der Waals surface area contributed by atoms with E-state index in [-0.39, 0.29) is 12.5 Å². The zero-order valence-corrected chi connectivity index (χ0v) is 13.1. The number of rotatable bonds is 6. The van der Waals surface area contributed by atoms with Crippen LogP contribution < -0.4 is 15.8 Å². The molecule has 0 saturated heterocycles. The normalized spacial score (nSPS) is 10.2. The molecule has 7 heteroatoms. The first kappa shape index (κ1) is 16.3. The highest BCUT2D eigenvalue weighted by atomic mass is 16.5. The van der Waals surface area contributed by atoms with Gasteiger partial charge in [-0.15, -0.1) is 0 Å². The van der Waals surface area contributed by atoms with E-state index in [1.807, 2.05) is 12.1 Å². The molecule has 0 radical (unpaired) electrons. The maximum absolute atomic E-state index is 12.3. The van der Waals surface area contributed by atoms with Crippen molar-refractivity contribution in [2.75, 3.05) is 11.9 Å². The number of amides is 2. The topological polar surface area (TPSA) is 107 Å². The van der Waals surface area contributed by atoms with Crippen LogP contribution in [-0.2, 0) is 4.79 Å². The summed E-state index contributed by atoms with van der Waals surface area (Å²) in [5.74, 6) is 0.169. The van der Waals surface area contributed by atoms with E-state index in [0.717, 1.165) is 5.56 Å². The molecule has 0 aliphatic rings. The summed E-state index contributed by atoms with van der Waals surface area (Å²) in [6, 6.07) is 13.7. The number of carbonyl (C=O) groups excluding carboxylic acids is 2. The Balaban J connectivity index is 1.67. The summed E-state index contributed by atoms with van der Waals surface area (Å²) in [5.41, 5.74) is 6.93. The fourth-order valence-corrected chi connectivity index (χ4v) is 2.16. The Kier molecular flexibility index (Phi) is 4.75. The Labute approximate surface area is 143 Å². The van der Waals surface area contributed by atoms with Crippen molar-refractivity contribution in [2.24, 2.45) is 5.73 Å². The van der Waals surface area contributed by atoms with Gasteiger partial charge in [0.2, 0.25) is 0 Å². The van der Waals surface area contributed by atoms with Crippen molar-refractivity contribution in [1.82, 2.24) is 4.98 Å². The minimum Gasteiger partial charge on any atom is -0.484 e. The first-order valence-electron chi connectivity index (χ1n) is 7.43. The van der Waals surface area contributed by atoms with Gasteiger partial charge in [-0.2, -0.15) is 0 Å². The molecular weight excluding hydrogens is 322 g/mol. The zero-order chi connectivity index (χ0) is 17.6. The van der Waals surface area contributed by atoms with Gasteiger partial charge in [0.15, 0.2) is 18.8 Å². The molecule has 0 aliphatic carbocycles. The van der Waals surface area contributed by atoms with Crippen molar-refractivity contribution in [2.45, 2.75) is 0 Å². The van der Waals surface area contributed by atoms with E-state index >= 15 is 0 Å². The molecule has 0 unspecified atom stereocenters. The predicted octanol–water partition coefficient (Wildman–Crippen LogP) is 2.46. The van der Waals surface area contributed by atoms with Crippen LogP contribution >= 0.6 is 0 Å². The fourth-order valence-electron chi connectivity index (χ4n) is 2.16. The third kappa shape index (κ3) is 4.23. The highest BCUT2D eigenvalue weighted by Crippen LogP contribution is 2.21. The van der Waals surface area contributed by atoms with E-state index in [1.165, 1.54) is 6.39 Å². The van der Waals surface area contributed by atoms with Crippen LogP contribution in [0, 0.1) is 0 Å². The molecule has 0 bridgehead atoms. The smallest absolute Gasteiger partial charge is 0.255 e. The van der Waals surface area contributed by atoms with E-state index in [2.05, 4.69) is 10.3 Å². The molecule has 0 aliphatic heterocycles. The second-order valence-electron chi connectivity index (χ2n) is 5.18. The highest BCUT2D eigenvalue weighted by molar-refractivity contribution is 6.04. The number of hydrogen-bond donors (Lipinski definition) is 2. The monoisotopic (exact) mass is 337 g/mol. The molecule has 3 N–H and O–H groups in total. The second-order valence-corrected chi connectivity index (χ2v) is 5.18. The van der Waals surface area contributed by atoms with Crippen LogP contribution in [0.5, 0.6) is 5.75 Å². The molecule has 25 heavy (non-hydrogen) atoms. The van der Waals surface area contributed by atoms with Gasteiger partial charge in [-0.3, -0.25) is 9.59 Å². The molecule has 2 aromatic carbocycles. The number of aromatic nitrogens is 1. The number of carbonyl (C=O) groups is 2. The minimum absolute atomic E-state index is 0.242. The number of primary amides is 1. The highest BCUT2D eigenvalue weighted by Gasteiger charge is 2.09. The van der Waals surface area contributed by atoms with Crippen LogP contribution in [-0.4, -0.2) is 23.4 Å². The third-order valence-corrected chi connectivity index (χ3v) is 3.34. The Morgan fingerprint density at radius 2 is 1.96 bits per heavy atom. The summed E-state index contributed by atoms with van der Waals surface area (Å²) in [4.78, 5) is 26.9. The molecule has 1 aromatic heterocycles. The van der Waals surface area contributed by atoms with E-state index < -0.39 is 5.91 Å². The van der Waals surface area contributed by atoms with E-state index in [0.29, 0.717) is 22.8 Å². The van der Waals surface area contributed by atoms with E-state index in [9.17, 15) is 9.59 Å². The summed E-state index contributed by atoms with van der Waals surface area (Å²) in [5, 5.41) is 2.79. The molecule has 126 valence electrons. The van der Waals surface area contributed by atoms with E-state index in [1.54, 1.807) is 42.6 Å². The van der Waals surface area contributed by atoms with Crippen LogP contribution in [0.25, 0.3) is 11.3 Å². The lowest BCUT2D eigenvalue weighted by Crippen LogP contribution is -2.20. The Morgan fingerprint density at radius 3 is 2.64 bits per heavy atom. The molecule has 3 aromatic rings. The molecule has 0 saturated carbocycles. The van der Waals surface area contributed by atoms with Crippen LogP contribution in [0.3, 0.4) is 0 Å². The van der Waals surface area contributed by atoms with Gasteiger partial charge in [0.05, 0.1) is 6.20 Å². The average Bonchev–Trinajstić information content (AvgIpc) is 3.15. The summed E-state index contributed by atoms with van der Waals surface area (Å²) in [6.07, 6.45) is 2.98. The summed E-state index contributed by atoms with van der Waals surface area (Å²) < 4.78 is 10.4. The third-order valence-electron chi connectivity index (χ3n) is 3.34. The Morgan fingerprint density at radius 1 is 1.16 bits per heavy atom. The number of nitrogens with one attached hydrogen (secondary N) is 1. The molecule has 0 atom stereocenters. The van der Waals surface area contributed by atoms with Gasteiger partial charge >= 0.3 is 0 Å². The molecule has 3 rings (SSSR count).